The molecule has 1 aliphatic rings. The van der Waals surface area contributed by atoms with Crippen molar-refractivity contribution < 1.29 is 14.3 Å². The van der Waals surface area contributed by atoms with Gasteiger partial charge in [-0.15, -0.1) is 0 Å². The van der Waals surface area contributed by atoms with E-state index in [1.807, 2.05) is 0 Å². The molecular weight excluding hydrogens is 194 g/mol. The molecule has 0 amide bonds. The fraction of sp³-hybridized carbons (Fsp3) is 0.636. The van der Waals surface area contributed by atoms with Gasteiger partial charge in [-0.1, -0.05) is 27.7 Å². The number of carboxylic acids is 1. The van der Waals surface area contributed by atoms with Crippen LogP contribution in [0.1, 0.15) is 50.0 Å². The monoisotopic (exact) mass is 209 g/mol. The lowest BCUT2D eigenvalue weighted by Crippen LogP contribution is -1.97. The average molecular weight is 209 g/mol. The van der Waals surface area contributed by atoms with E-state index in [0.717, 1.165) is 0 Å². The summed E-state index contributed by atoms with van der Waals surface area (Å²) in [6.45, 7) is 8.56. The first-order chi connectivity index (χ1) is 6.78. The molecule has 0 bridgehead atoms. The third kappa shape index (κ3) is 1.20. The van der Waals surface area contributed by atoms with Crippen LogP contribution in [0.15, 0.2) is 10.7 Å². The number of aromatic nitrogens is 1. The zero-order valence-corrected chi connectivity index (χ0v) is 9.37. The summed E-state index contributed by atoms with van der Waals surface area (Å²) in [5, 5.41) is 8.74. The Labute approximate surface area is 88.3 Å². The molecule has 1 aromatic rings. The van der Waals surface area contributed by atoms with Crippen LogP contribution in [0, 0.1) is 10.8 Å². The van der Waals surface area contributed by atoms with E-state index in [2.05, 4.69) is 32.7 Å². The molecule has 1 aliphatic carbocycles. The van der Waals surface area contributed by atoms with Gasteiger partial charge >= 0.3 is 5.97 Å². The van der Waals surface area contributed by atoms with Crippen LogP contribution < -0.4 is 0 Å². The summed E-state index contributed by atoms with van der Waals surface area (Å²) < 4.78 is 5.23. The molecule has 1 saturated carbocycles. The van der Waals surface area contributed by atoms with Crippen molar-refractivity contribution >= 4 is 5.97 Å². The highest BCUT2D eigenvalue weighted by Crippen LogP contribution is 2.73. The molecular formula is C11H15NO3. The van der Waals surface area contributed by atoms with Crippen LogP contribution in [-0.4, -0.2) is 16.1 Å². The molecule has 1 fully saturated rings. The summed E-state index contributed by atoms with van der Waals surface area (Å²) in [6.07, 6.45) is 1.21. The number of oxazole rings is 1. The van der Waals surface area contributed by atoms with Crippen LogP contribution in [0.5, 0.6) is 0 Å². The Hall–Kier alpha value is -1.32. The highest BCUT2D eigenvalue weighted by atomic mass is 16.4. The van der Waals surface area contributed by atoms with Crippen molar-refractivity contribution in [2.75, 3.05) is 0 Å². The van der Waals surface area contributed by atoms with E-state index >= 15 is 0 Å². The van der Waals surface area contributed by atoms with Gasteiger partial charge in [0.15, 0.2) is 11.6 Å². The summed E-state index contributed by atoms with van der Waals surface area (Å²) in [5.74, 6) is -0.290. The van der Waals surface area contributed by atoms with Gasteiger partial charge in [0.05, 0.1) is 0 Å². The molecule has 1 heterocycles. The number of carboxylic acid groups (broad SMARTS) is 1. The van der Waals surface area contributed by atoms with Gasteiger partial charge in [0.2, 0.25) is 0 Å². The minimum absolute atomic E-state index is 0.0106. The number of hydrogen-bond donors (Lipinski definition) is 1. The van der Waals surface area contributed by atoms with Gasteiger partial charge in [-0.25, -0.2) is 9.78 Å². The Morgan fingerprint density at radius 2 is 1.93 bits per heavy atom. The first-order valence-electron chi connectivity index (χ1n) is 4.97. The molecule has 82 valence electrons. The molecule has 2 rings (SSSR count). The first kappa shape index (κ1) is 10.2. The smallest absolute Gasteiger partial charge is 0.357 e. The molecule has 0 saturated heterocycles. The maximum atomic E-state index is 10.7. The van der Waals surface area contributed by atoms with Crippen molar-refractivity contribution in [1.82, 2.24) is 4.98 Å². The van der Waals surface area contributed by atoms with E-state index in [1.54, 1.807) is 0 Å². The standard InChI is InChI=1S/C11H15NO3/c1-10(2)7(11(10,3)4)8-12-6(5-15-8)9(13)14/h5,7H,1-4H3,(H,13,14). The fourth-order valence-corrected chi connectivity index (χ4v) is 2.33. The van der Waals surface area contributed by atoms with Crippen molar-refractivity contribution in [2.45, 2.75) is 33.6 Å². The van der Waals surface area contributed by atoms with Gasteiger partial charge < -0.3 is 9.52 Å². The first-order valence-corrected chi connectivity index (χ1v) is 4.97. The van der Waals surface area contributed by atoms with Crippen LogP contribution in [0.3, 0.4) is 0 Å². The quantitative estimate of drug-likeness (QED) is 0.812. The minimum Gasteiger partial charge on any atom is -0.476 e. The second-order valence-electron chi connectivity index (χ2n) is 5.25. The van der Waals surface area contributed by atoms with E-state index in [0.29, 0.717) is 5.89 Å². The van der Waals surface area contributed by atoms with Crippen LogP contribution in [0.4, 0.5) is 0 Å². The van der Waals surface area contributed by atoms with Gasteiger partial charge in [-0.2, -0.15) is 0 Å². The van der Waals surface area contributed by atoms with Gasteiger partial charge in [-0.3, -0.25) is 0 Å². The highest BCUT2D eigenvalue weighted by Gasteiger charge is 2.67. The molecule has 0 spiro atoms. The molecule has 0 radical (unpaired) electrons. The van der Waals surface area contributed by atoms with E-state index < -0.39 is 5.97 Å². The van der Waals surface area contributed by atoms with Gasteiger partial charge in [-0.05, 0) is 10.8 Å². The van der Waals surface area contributed by atoms with Gasteiger partial charge in [0, 0.05) is 5.92 Å². The molecule has 0 atom stereocenters. The van der Waals surface area contributed by atoms with Crippen molar-refractivity contribution in [1.29, 1.82) is 0 Å². The van der Waals surface area contributed by atoms with Crippen LogP contribution in [0.25, 0.3) is 0 Å². The molecule has 0 unspecified atom stereocenters. The number of aromatic carboxylic acids is 1. The summed E-state index contributed by atoms with van der Waals surface area (Å²) >= 11 is 0. The normalized spacial score (nSPS) is 22.7. The third-order valence-corrected chi connectivity index (χ3v) is 4.01. The molecule has 0 aromatic carbocycles. The van der Waals surface area contributed by atoms with Crippen molar-refractivity contribution in [3.05, 3.63) is 17.8 Å². The van der Waals surface area contributed by atoms with Crippen LogP contribution in [-0.2, 0) is 0 Å². The van der Waals surface area contributed by atoms with E-state index in [4.69, 9.17) is 9.52 Å². The molecule has 1 aromatic heterocycles. The Morgan fingerprint density at radius 1 is 1.40 bits per heavy atom. The summed E-state index contributed by atoms with van der Waals surface area (Å²) in [7, 11) is 0. The molecule has 15 heavy (non-hydrogen) atoms. The summed E-state index contributed by atoms with van der Waals surface area (Å²) in [4.78, 5) is 14.7. The fourth-order valence-electron chi connectivity index (χ4n) is 2.33. The van der Waals surface area contributed by atoms with Crippen molar-refractivity contribution in [3.63, 3.8) is 0 Å². The Balaban J connectivity index is 2.30. The summed E-state index contributed by atoms with van der Waals surface area (Å²) in [6, 6.07) is 0. The second-order valence-corrected chi connectivity index (χ2v) is 5.25. The van der Waals surface area contributed by atoms with E-state index in [9.17, 15) is 4.79 Å². The lowest BCUT2D eigenvalue weighted by atomic mass is 10.0. The SMILES string of the molecule is CC1(C)C(c2nc(C(=O)O)co2)C1(C)C. The van der Waals surface area contributed by atoms with Crippen molar-refractivity contribution in [2.24, 2.45) is 10.8 Å². The number of nitrogens with zero attached hydrogens (tertiary/aromatic N) is 1. The largest absolute Gasteiger partial charge is 0.476 e. The Kier molecular flexibility index (Phi) is 1.78. The zero-order valence-electron chi connectivity index (χ0n) is 9.37. The number of hydrogen-bond acceptors (Lipinski definition) is 3. The predicted octanol–water partition coefficient (Wildman–Crippen LogP) is 2.52. The van der Waals surface area contributed by atoms with Crippen LogP contribution in [0.2, 0.25) is 0 Å². The third-order valence-electron chi connectivity index (χ3n) is 4.01. The molecule has 4 nitrogen and oxygen atoms in total. The second kappa shape index (κ2) is 2.62. The Morgan fingerprint density at radius 3 is 2.27 bits per heavy atom. The lowest BCUT2D eigenvalue weighted by molar-refractivity contribution is 0.0690. The predicted molar refractivity (Wildman–Crippen MR) is 53.8 cm³/mol. The molecule has 0 aliphatic heterocycles. The van der Waals surface area contributed by atoms with Gasteiger partial charge in [0.1, 0.15) is 6.26 Å². The van der Waals surface area contributed by atoms with E-state index in [1.165, 1.54) is 6.26 Å². The number of carbonyl (C=O) groups is 1. The highest BCUT2D eigenvalue weighted by molar-refractivity contribution is 5.84. The average Bonchev–Trinajstić information content (AvgIpc) is 2.52. The summed E-state index contributed by atoms with van der Waals surface area (Å²) in [5.41, 5.74) is 0.227. The van der Waals surface area contributed by atoms with Crippen LogP contribution >= 0.6 is 0 Å². The molecule has 1 N–H and O–H groups in total. The van der Waals surface area contributed by atoms with Gasteiger partial charge in [0.25, 0.3) is 0 Å². The minimum atomic E-state index is -1.04. The van der Waals surface area contributed by atoms with Crippen molar-refractivity contribution in [3.8, 4) is 0 Å². The maximum absolute atomic E-state index is 10.7. The number of rotatable bonds is 2. The molecule has 4 heteroatoms. The maximum Gasteiger partial charge on any atom is 0.357 e. The van der Waals surface area contributed by atoms with E-state index in [-0.39, 0.29) is 22.4 Å². The Bertz CT molecular complexity index is 403. The lowest BCUT2D eigenvalue weighted by Gasteiger charge is -2.03. The zero-order chi connectivity index (χ0) is 11.4. The topological polar surface area (TPSA) is 63.3 Å².